The van der Waals surface area contributed by atoms with E-state index in [4.69, 9.17) is 4.74 Å². The maximum atomic E-state index is 12.0. The van der Waals surface area contributed by atoms with Gasteiger partial charge in [-0.3, -0.25) is 4.79 Å². The predicted octanol–water partition coefficient (Wildman–Crippen LogP) is 0.846. The molecule has 0 aliphatic rings. The van der Waals surface area contributed by atoms with Gasteiger partial charge < -0.3 is 14.8 Å². The Balaban J connectivity index is 2.68. The van der Waals surface area contributed by atoms with Gasteiger partial charge >= 0.3 is 11.9 Å². The lowest BCUT2D eigenvalue weighted by molar-refractivity contribution is -0.147. The number of esters is 2. The van der Waals surface area contributed by atoms with Crippen molar-refractivity contribution in [2.45, 2.75) is 38.1 Å². The normalized spacial score (nSPS) is 13.3. The van der Waals surface area contributed by atoms with Crippen LogP contribution in [-0.4, -0.2) is 52.6 Å². The SMILES string of the molecule is CCNS(=O)(=O)c1ccc(C(=O)OCC(=O)N[C@H](C(=O)OC)[C@@H](C)CC)cc1. The van der Waals surface area contributed by atoms with Gasteiger partial charge in [-0.05, 0) is 30.2 Å². The van der Waals surface area contributed by atoms with E-state index in [1.54, 1.807) is 13.8 Å². The summed E-state index contributed by atoms with van der Waals surface area (Å²) in [6, 6.07) is 4.29. The van der Waals surface area contributed by atoms with Crippen LogP contribution in [0, 0.1) is 5.92 Å². The summed E-state index contributed by atoms with van der Waals surface area (Å²) < 4.78 is 35.7. The van der Waals surface area contributed by atoms with Crippen molar-refractivity contribution in [3.63, 3.8) is 0 Å². The summed E-state index contributed by atoms with van der Waals surface area (Å²) in [6.45, 7) is 4.97. The predicted molar refractivity (Wildman–Crippen MR) is 101 cm³/mol. The molecule has 2 N–H and O–H groups in total. The molecule has 0 fully saturated rings. The third kappa shape index (κ3) is 6.61. The fourth-order valence-corrected chi connectivity index (χ4v) is 3.31. The van der Waals surface area contributed by atoms with Crippen LogP contribution in [-0.2, 0) is 29.1 Å². The second-order valence-electron chi connectivity index (χ2n) is 6.06. The van der Waals surface area contributed by atoms with E-state index in [1.165, 1.54) is 31.4 Å². The molecule has 0 bridgehead atoms. The van der Waals surface area contributed by atoms with Crippen molar-refractivity contribution < 1.29 is 32.3 Å². The van der Waals surface area contributed by atoms with Crippen LogP contribution in [0.5, 0.6) is 0 Å². The average Bonchev–Trinajstić information content (AvgIpc) is 2.69. The number of amides is 1. The highest BCUT2D eigenvalue weighted by molar-refractivity contribution is 7.89. The van der Waals surface area contributed by atoms with Gasteiger partial charge in [0.15, 0.2) is 6.61 Å². The Morgan fingerprint density at radius 3 is 2.21 bits per heavy atom. The van der Waals surface area contributed by atoms with E-state index in [0.29, 0.717) is 6.42 Å². The maximum absolute atomic E-state index is 12.0. The lowest BCUT2D eigenvalue weighted by Crippen LogP contribution is -2.47. The number of rotatable bonds is 10. The monoisotopic (exact) mass is 414 g/mol. The molecule has 0 spiro atoms. The number of carbonyl (C=O) groups is 3. The Labute approximate surface area is 164 Å². The van der Waals surface area contributed by atoms with E-state index in [9.17, 15) is 22.8 Å². The van der Waals surface area contributed by atoms with E-state index in [0.717, 1.165) is 0 Å². The molecule has 0 aromatic heterocycles. The molecular weight excluding hydrogens is 388 g/mol. The molecule has 9 nitrogen and oxygen atoms in total. The summed E-state index contributed by atoms with van der Waals surface area (Å²) in [7, 11) is -2.40. The number of benzene rings is 1. The Morgan fingerprint density at radius 2 is 1.71 bits per heavy atom. The molecule has 0 radical (unpaired) electrons. The molecule has 1 amide bonds. The molecule has 0 aliphatic carbocycles. The number of carbonyl (C=O) groups excluding carboxylic acids is 3. The van der Waals surface area contributed by atoms with Gasteiger partial charge in [0, 0.05) is 6.54 Å². The van der Waals surface area contributed by atoms with Crippen molar-refractivity contribution in [3.05, 3.63) is 29.8 Å². The number of methoxy groups -OCH3 is 1. The molecule has 10 heteroatoms. The third-order valence-electron chi connectivity index (χ3n) is 4.05. The molecule has 0 saturated carbocycles. The van der Waals surface area contributed by atoms with E-state index in [-0.39, 0.29) is 22.9 Å². The van der Waals surface area contributed by atoms with E-state index >= 15 is 0 Å². The summed E-state index contributed by atoms with van der Waals surface area (Å²) in [6.07, 6.45) is 0.641. The number of sulfonamides is 1. The van der Waals surface area contributed by atoms with Crippen LogP contribution in [0.25, 0.3) is 0 Å². The number of hydrogen-bond acceptors (Lipinski definition) is 7. The van der Waals surface area contributed by atoms with E-state index < -0.39 is 40.5 Å². The van der Waals surface area contributed by atoms with Gasteiger partial charge in [0.25, 0.3) is 5.91 Å². The summed E-state index contributed by atoms with van der Waals surface area (Å²) >= 11 is 0. The first-order valence-electron chi connectivity index (χ1n) is 8.80. The minimum atomic E-state index is -3.62. The fourth-order valence-electron chi connectivity index (χ4n) is 2.27. The van der Waals surface area contributed by atoms with Crippen LogP contribution >= 0.6 is 0 Å². The van der Waals surface area contributed by atoms with Crippen LogP contribution in [0.15, 0.2) is 29.2 Å². The van der Waals surface area contributed by atoms with Crippen molar-refractivity contribution in [1.29, 1.82) is 0 Å². The minimum absolute atomic E-state index is 0.0121. The van der Waals surface area contributed by atoms with Gasteiger partial charge in [-0.1, -0.05) is 27.2 Å². The first kappa shape index (κ1) is 23.6. The Bertz CT molecular complexity index is 791. The Morgan fingerprint density at radius 1 is 1.11 bits per heavy atom. The van der Waals surface area contributed by atoms with Gasteiger partial charge in [0.05, 0.1) is 17.6 Å². The Kier molecular flexibility index (Phi) is 9.07. The molecule has 1 aromatic carbocycles. The van der Waals surface area contributed by atoms with Gasteiger partial charge in [0.1, 0.15) is 6.04 Å². The molecule has 156 valence electrons. The second-order valence-corrected chi connectivity index (χ2v) is 7.82. The second kappa shape index (κ2) is 10.8. The molecule has 1 aromatic rings. The number of nitrogens with one attached hydrogen (secondary N) is 2. The lowest BCUT2D eigenvalue weighted by Gasteiger charge is -2.21. The molecule has 0 heterocycles. The quantitative estimate of drug-likeness (QED) is 0.543. The van der Waals surface area contributed by atoms with Crippen LogP contribution < -0.4 is 10.0 Å². The number of hydrogen-bond donors (Lipinski definition) is 2. The average molecular weight is 414 g/mol. The smallest absolute Gasteiger partial charge is 0.338 e. The topological polar surface area (TPSA) is 128 Å². The van der Waals surface area contributed by atoms with E-state index in [1.807, 2.05) is 6.92 Å². The largest absolute Gasteiger partial charge is 0.467 e. The molecule has 0 aliphatic heterocycles. The molecule has 2 atom stereocenters. The molecule has 28 heavy (non-hydrogen) atoms. The summed E-state index contributed by atoms with van der Waals surface area (Å²) in [5, 5.41) is 2.49. The summed E-state index contributed by atoms with van der Waals surface area (Å²) in [5.74, 6) is -2.17. The zero-order valence-corrected chi connectivity index (χ0v) is 17.2. The Hall–Kier alpha value is -2.46. The molecular formula is C18H26N2O7S. The van der Waals surface area contributed by atoms with Crippen molar-refractivity contribution in [2.75, 3.05) is 20.3 Å². The van der Waals surface area contributed by atoms with Gasteiger partial charge in [-0.2, -0.15) is 0 Å². The highest BCUT2D eigenvalue weighted by atomic mass is 32.2. The lowest BCUT2D eigenvalue weighted by atomic mass is 9.99. The highest BCUT2D eigenvalue weighted by Gasteiger charge is 2.27. The number of ether oxygens (including phenoxy) is 2. The summed E-state index contributed by atoms with van der Waals surface area (Å²) in [5.41, 5.74) is 0.0923. The molecule has 0 saturated heterocycles. The summed E-state index contributed by atoms with van der Waals surface area (Å²) in [4.78, 5) is 35.8. The van der Waals surface area contributed by atoms with Gasteiger partial charge in [0.2, 0.25) is 10.0 Å². The van der Waals surface area contributed by atoms with Crippen molar-refractivity contribution in [3.8, 4) is 0 Å². The van der Waals surface area contributed by atoms with Crippen LogP contribution in [0.3, 0.4) is 0 Å². The zero-order chi connectivity index (χ0) is 21.3. The molecule has 1 rings (SSSR count). The van der Waals surface area contributed by atoms with Gasteiger partial charge in [-0.15, -0.1) is 0 Å². The van der Waals surface area contributed by atoms with E-state index in [2.05, 4.69) is 14.8 Å². The third-order valence-corrected chi connectivity index (χ3v) is 5.62. The van der Waals surface area contributed by atoms with Crippen molar-refractivity contribution in [1.82, 2.24) is 10.0 Å². The first-order chi connectivity index (χ1) is 13.2. The maximum Gasteiger partial charge on any atom is 0.338 e. The zero-order valence-electron chi connectivity index (χ0n) is 16.4. The first-order valence-corrected chi connectivity index (χ1v) is 10.3. The standard InChI is InChI=1S/C18H26N2O7S/c1-5-12(3)16(18(23)26-4)20-15(21)11-27-17(22)13-7-9-14(10-8-13)28(24,25)19-6-2/h7-10,12,16,19H,5-6,11H2,1-4H3,(H,20,21)/t12-,16-/m0/s1. The molecule has 0 unspecified atom stereocenters. The van der Waals surface area contributed by atoms with Crippen molar-refractivity contribution in [2.24, 2.45) is 5.92 Å². The highest BCUT2D eigenvalue weighted by Crippen LogP contribution is 2.12. The minimum Gasteiger partial charge on any atom is -0.467 e. The van der Waals surface area contributed by atoms with Crippen LogP contribution in [0.1, 0.15) is 37.6 Å². The van der Waals surface area contributed by atoms with Crippen LogP contribution in [0.4, 0.5) is 0 Å². The van der Waals surface area contributed by atoms with Gasteiger partial charge in [-0.25, -0.2) is 22.7 Å². The van der Waals surface area contributed by atoms with Crippen LogP contribution in [0.2, 0.25) is 0 Å². The fraction of sp³-hybridized carbons (Fsp3) is 0.500. The van der Waals surface area contributed by atoms with Crippen molar-refractivity contribution >= 4 is 27.9 Å².